The molecule has 0 unspecified atom stereocenters. The molecule has 3 aromatic carbocycles. The highest BCUT2D eigenvalue weighted by atomic mass is 16.4. The standard InChI is InChI=1S/C24H20O7/c1-12-7-16(9-18(21(12)26)23(28)29)20(15-5-3-14(11-25)4-6-15)17-8-13(2)22(27)19(10-17)24(30)31/h3-11,20,26-27H,1-2H3,(H,28,29)(H,30,31). The van der Waals surface area contributed by atoms with Crippen LogP contribution in [-0.2, 0) is 0 Å². The van der Waals surface area contributed by atoms with Crippen LogP contribution in [0.1, 0.15) is 64.8 Å². The van der Waals surface area contributed by atoms with Crippen molar-refractivity contribution in [2.45, 2.75) is 19.8 Å². The zero-order chi connectivity index (χ0) is 22.9. The molecule has 0 atom stereocenters. The first-order chi connectivity index (χ1) is 14.6. The van der Waals surface area contributed by atoms with E-state index in [9.17, 15) is 34.8 Å². The molecule has 0 amide bonds. The van der Waals surface area contributed by atoms with Gasteiger partial charge in [-0.3, -0.25) is 4.79 Å². The molecule has 4 N–H and O–H groups in total. The fraction of sp³-hybridized carbons (Fsp3) is 0.125. The normalized spacial score (nSPS) is 10.8. The number of aromatic hydroxyl groups is 2. The molecule has 158 valence electrons. The molecule has 7 heteroatoms. The van der Waals surface area contributed by atoms with Gasteiger partial charge in [0.05, 0.1) is 0 Å². The Morgan fingerprint density at radius 3 is 1.52 bits per heavy atom. The van der Waals surface area contributed by atoms with Gasteiger partial charge in [0.1, 0.15) is 28.9 Å². The predicted octanol–water partition coefficient (Wildman–Crippen LogP) is 4.10. The van der Waals surface area contributed by atoms with Crippen molar-refractivity contribution in [2.75, 3.05) is 0 Å². The second-order valence-electron chi connectivity index (χ2n) is 7.30. The Labute approximate surface area is 177 Å². The van der Waals surface area contributed by atoms with E-state index in [1.54, 1.807) is 50.2 Å². The lowest BCUT2D eigenvalue weighted by Crippen LogP contribution is -2.09. The van der Waals surface area contributed by atoms with Crippen LogP contribution in [0.2, 0.25) is 0 Å². The first-order valence-electron chi connectivity index (χ1n) is 9.32. The second-order valence-corrected chi connectivity index (χ2v) is 7.30. The number of hydrogen-bond acceptors (Lipinski definition) is 5. The first kappa shape index (κ1) is 21.6. The lowest BCUT2D eigenvalue weighted by molar-refractivity contribution is 0.0682. The molecular formula is C24H20O7. The molecule has 0 fully saturated rings. The van der Waals surface area contributed by atoms with Gasteiger partial charge in [-0.05, 0) is 53.8 Å². The van der Waals surface area contributed by atoms with E-state index >= 15 is 0 Å². The van der Waals surface area contributed by atoms with Crippen LogP contribution < -0.4 is 0 Å². The zero-order valence-corrected chi connectivity index (χ0v) is 16.8. The molecule has 0 aliphatic carbocycles. The third-order valence-electron chi connectivity index (χ3n) is 5.18. The second kappa shape index (κ2) is 8.31. The van der Waals surface area contributed by atoms with Crippen LogP contribution in [0.15, 0.2) is 48.5 Å². The van der Waals surface area contributed by atoms with E-state index in [1.165, 1.54) is 12.1 Å². The molecule has 0 heterocycles. The van der Waals surface area contributed by atoms with Gasteiger partial charge in [-0.2, -0.15) is 0 Å². The summed E-state index contributed by atoms with van der Waals surface area (Å²) in [6.45, 7) is 3.14. The van der Waals surface area contributed by atoms with Gasteiger partial charge in [-0.15, -0.1) is 0 Å². The van der Waals surface area contributed by atoms with Gasteiger partial charge in [0.2, 0.25) is 0 Å². The highest BCUT2D eigenvalue weighted by Gasteiger charge is 2.24. The Morgan fingerprint density at radius 2 is 1.16 bits per heavy atom. The van der Waals surface area contributed by atoms with Crippen molar-refractivity contribution in [1.82, 2.24) is 0 Å². The molecule has 3 aromatic rings. The Kier molecular flexibility index (Phi) is 5.79. The number of carboxylic acid groups (broad SMARTS) is 2. The van der Waals surface area contributed by atoms with Gasteiger partial charge in [0, 0.05) is 11.5 Å². The van der Waals surface area contributed by atoms with E-state index in [4.69, 9.17) is 0 Å². The van der Waals surface area contributed by atoms with E-state index in [-0.39, 0.29) is 22.6 Å². The van der Waals surface area contributed by atoms with Crippen LogP contribution in [0.4, 0.5) is 0 Å². The fourth-order valence-electron chi connectivity index (χ4n) is 3.62. The zero-order valence-electron chi connectivity index (χ0n) is 16.8. The number of rotatable bonds is 6. The predicted molar refractivity (Wildman–Crippen MR) is 112 cm³/mol. The van der Waals surface area contributed by atoms with E-state index in [2.05, 4.69) is 0 Å². The topological polar surface area (TPSA) is 132 Å². The Hall–Kier alpha value is -4.13. The summed E-state index contributed by atoms with van der Waals surface area (Å²) in [6, 6.07) is 12.5. The lowest BCUT2D eigenvalue weighted by atomic mass is 9.82. The summed E-state index contributed by atoms with van der Waals surface area (Å²) in [5.74, 6) is -3.91. The fourth-order valence-corrected chi connectivity index (χ4v) is 3.62. The monoisotopic (exact) mass is 420 g/mol. The number of carboxylic acids is 2. The van der Waals surface area contributed by atoms with Crippen LogP contribution >= 0.6 is 0 Å². The molecule has 0 saturated carbocycles. The van der Waals surface area contributed by atoms with Crippen molar-refractivity contribution >= 4 is 18.2 Å². The van der Waals surface area contributed by atoms with Crippen molar-refractivity contribution in [2.24, 2.45) is 0 Å². The Balaban J connectivity index is 2.33. The van der Waals surface area contributed by atoms with Crippen LogP contribution in [0.3, 0.4) is 0 Å². The van der Waals surface area contributed by atoms with Crippen LogP contribution in [-0.4, -0.2) is 38.7 Å². The maximum absolute atomic E-state index is 11.6. The number of carbonyl (C=O) groups is 3. The van der Waals surface area contributed by atoms with Crippen molar-refractivity contribution in [1.29, 1.82) is 0 Å². The van der Waals surface area contributed by atoms with E-state index in [0.717, 1.165) is 0 Å². The third-order valence-corrected chi connectivity index (χ3v) is 5.18. The summed E-state index contributed by atoms with van der Waals surface area (Å²) < 4.78 is 0. The number of benzene rings is 3. The van der Waals surface area contributed by atoms with Gasteiger partial charge >= 0.3 is 11.9 Å². The van der Waals surface area contributed by atoms with Crippen molar-refractivity contribution < 1.29 is 34.8 Å². The number of hydrogen-bond donors (Lipinski definition) is 4. The largest absolute Gasteiger partial charge is 0.507 e. The van der Waals surface area contributed by atoms with Crippen LogP contribution in [0, 0.1) is 13.8 Å². The van der Waals surface area contributed by atoms with Gasteiger partial charge in [0.25, 0.3) is 0 Å². The number of aldehydes is 1. The SMILES string of the molecule is Cc1cc(C(c2ccc(C=O)cc2)c2cc(C)c(O)c(C(=O)O)c2)cc(C(=O)O)c1O. The van der Waals surface area contributed by atoms with Gasteiger partial charge in [-0.25, -0.2) is 9.59 Å². The van der Waals surface area contributed by atoms with Gasteiger partial charge in [0.15, 0.2) is 0 Å². The minimum Gasteiger partial charge on any atom is -0.507 e. The molecule has 0 bridgehead atoms. The summed E-state index contributed by atoms with van der Waals surface area (Å²) in [6.07, 6.45) is 0.694. The molecule has 3 rings (SSSR count). The lowest BCUT2D eigenvalue weighted by Gasteiger charge is -2.22. The van der Waals surface area contributed by atoms with Crippen molar-refractivity contribution in [3.63, 3.8) is 0 Å². The molecular weight excluding hydrogens is 400 g/mol. The first-order valence-corrected chi connectivity index (χ1v) is 9.32. The molecule has 7 nitrogen and oxygen atoms in total. The number of aromatic carboxylic acids is 2. The minimum atomic E-state index is -1.30. The quantitative estimate of drug-likeness (QED) is 0.348. The van der Waals surface area contributed by atoms with E-state index < -0.39 is 17.9 Å². The van der Waals surface area contributed by atoms with Crippen LogP contribution in [0.5, 0.6) is 11.5 Å². The number of carbonyl (C=O) groups excluding carboxylic acids is 1. The Morgan fingerprint density at radius 1 is 0.742 bits per heavy atom. The average molecular weight is 420 g/mol. The summed E-state index contributed by atoms with van der Waals surface area (Å²) in [7, 11) is 0. The maximum Gasteiger partial charge on any atom is 0.339 e. The van der Waals surface area contributed by atoms with Crippen LogP contribution in [0.25, 0.3) is 0 Å². The molecule has 31 heavy (non-hydrogen) atoms. The van der Waals surface area contributed by atoms with E-state index in [0.29, 0.717) is 39.7 Å². The summed E-state index contributed by atoms with van der Waals surface area (Å²) in [4.78, 5) is 34.3. The summed E-state index contributed by atoms with van der Waals surface area (Å²) >= 11 is 0. The summed E-state index contributed by atoms with van der Waals surface area (Å²) in [5.41, 5.74) is 2.27. The molecule has 0 saturated heterocycles. The van der Waals surface area contributed by atoms with E-state index in [1.807, 2.05) is 0 Å². The average Bonchev–Trinajstić information content (AvgIpc) is 2.73. The smallest absolute Gasteiger partial charge is 0.339 e. The number of aryl methyl sites for hydroxylation is 2. The highest BCUT2D eigenvalue weighted by Crippen LogP contribution is 2.38. The van der Waals surface area contributed by atoms with Gasteiger partial charge in [-0.1, -0.05) is 36.4 Å². The van der Waals surface area contributed by atoms with Crippen molar-refractivity contribution in [3.05, 3.63) is 93.0 Å². The molecule has 0 spiro atoms. The number of phenols is 2. The molecule has 0 aromatic heterocycles. The molecule has 0 aliphatic rings. The minimum absolute atomic E-state index is 0.279. The summed E-state index contributed by atoms with van der Waals surface area (Å²) in [5, 5.41) is 39.3. The molecule has 0 aliphatic heterocycles. The Bertz CT molecular complexity index is 1120. The maximum atomic E-state index is 11.6. The highest BCUT2D eigenvalue weighted by molar-refractivity contribution is 5.92. The third kappa shape index (κ3) is 4.11. The van der Waals surface area contributed by atoms with Gasteiger partial charge < -0.3 is 20.4 Å². The van der Waals surface area contributed by atoms with Crippen molar-refractivity contribution in [3.8, 4) is 11.5 Å². The molecule has 0 radical (unpaired) electrons.